The Morgan fingerprint density at radius 3 is 2.81 bits per heavy atom. The molecule has 0 aromatic heterocycles. The molecule has 1 saturated carbocycles. The zero-order valence-corrected chi connectivity index (χ0v) is 12.1. The van der Waals surface area contributed by atoms with Crippen molar-refractivity contribution >= 4 is 5.97 Å². The number of para-hydroxylation sites is 1. The minimum Gasteiger partial charge on any atom is -0.491 e. The van der Waals surface area contributed by atoms with Crippen molar-refractivity contribution in [2.45, 2.75) is 31.8 Å². The lowest BCUT2D eigenvalue weighted by Crippen LogP contribution is -2.35. The van der Waals surface area contributed by atoms with E-state index in [0.29, 0.717) is 24.8 Å². The molecule has 1 aliphatic rings. The second kappa shape index (κ2) is 8.00. The van der Waals surface area contributed by atoms with Crippen molar-refractivity contribution in [1.29, 1.82) is 0 Å². The van der Waals surface area contributed by atoms with Gasteiger partial charge in [0.05, 0.1) is 6.10 Å². The molecule has 1 aromatic rings. The smallest absolute Gasteiger partial charge is 0.339 e. The first-order valence-electron chi connectivity index (χ1n) is 7.52. The maximum Gasteiger partial charge on any atom is 0.339 e. The fraction of sp³-hybridized carbons (Fsp3) is 0.562. The Morgan fingerprint density at radius 1 is 1.29 bits per heavy atom. The Balaban J connectivity index is 1.69. The molecule has 2 unspecified atom stereocenters. The van der Waals surface area contributed by atoms with E-state index in [0.717, 1.165) is 25.8 Å². The molecule has 5 nitrogen and oxygen atoms in total. The van der Waals surface area contributed by atoms with E-state index in [9.17, 15) is 9.90 Å². The molecule has 0 heterocycles. The number of aromatic carboxylic acids is 1. The Hall–Kier alpha value is -1.59. The normalized spacial score (nSPS) is 22.0. The summed E-state index contributed by atoms with van der Waals surface area (Å²) in [4.78, 5) is 11.0. The van der Waals surface area contributed by atoms with Crippen molar-refractivity contribution in [2.75, 3.05) is 19.7 Å². The Labute approximate surface area is 124 Å². The number of hydrogen-bond donors (Lipinski definition) is 3. The lowest BCUT2D eigenvalue weighted by atomic mass is 9.86. The summed E-state index contributed by atoms with van der Waals surface area (Å²) in [7, 11) is 0. The van der Waals surface area contributed by atoms with Crippen LogP contribution in [0.5, 0.6) is 5.75 Å². The zero-order valence-electron chi connectivity index (χ0n) is 12.1. The second-order valence-electron chi connectivity index (χ2n) is 5.47. The average Bonchev–Trinajstić information content (AvgIpc) is 2.49. The number of ether oxygens (including phenoxy) is 1. The van der Waals surface area contributed by atoms with Gasteiger partial charge in [-0.25, -0.2) is 4.79 Å². The average molecular weight is 293 g/mol. The first-order chi connectivity index (χ1) is 10.2. The molecule has 116 valence electrons. The number of carboxylic acid groups (broad SMARTS) is 1. The molecule has 0 spiro atoms. The van der Waals surface area contributed by atoms with E-state index >= 15 is 0 Å². The molecule has 0 amide bonds. The highest BCUT2D eigenvalue weighted by Gasteiger charge is 2.22. The van der Waals surface area contributed by atoms with Gasteiger partial charge in [-0.1, -0.05) is 25.0 Å². The molecular weight excluding hydrogens is 270 g/mol. The molecule has 0 aliphatic heterocycles. The van der Waals surface area contributed by atoms with Gasteiger partial charge < -0.3 is 20.3 Å². The van der Waals surface area contributed by atoms with Gasteiger partial charge in [0.15, 0.2) is 0 Å². The maximum atomic E-state index is 11.0. The van der Waals surface area contributed by atoms with Crippen molar-refractivity contribution in [2.24, 2.45) is 5.92 Å². The monoisotopic (exact) mass is 293 g/mol. The first-order valence-corrected chi connectivity index (χ1v) is 7.52. The lowest BCUT2D eigenvalue weighted by molar-refractivity contribution is 0.0680. The van der Waals surface area contributed by atoms with Gasteiger partial charge in [-0.3, -0.25) is 0 Å². The molecular formula is C16H23NO4. The van der Waals surface area contributed by atoms with Crippen molar-refractivity contribution in [3.8, 4) is 5.75 Å². The fourth-order valence-electron chi connectivity index (χ4n) is 2.72. The molecule has 1 fully saturated rings. The van der Waals surface area contributed by atoms with Gasteiger partial charge in [-0.05, 0) is 30.9 Å². The molecule has 0 saturated heterocycles. The third kappa shape index (κ3) is 4.72. The van der Waals surface area contributed by atoms with E-state index < -0.39 is 5.97 Å². The standard InChI is InChI=1S/C16H23NO4/c18-14-7-3-1-5-12(14)11-17-9-10-21-15-8-4-2-6-13(15)16(19)20/h2,4,6,8,12,14,17-18H,1,3,5,7,9-11H2,(H,19,20). The lowest BCUT2D eigenvalue weighted by Gasteiger charge is -2.27. The summed E-state index contributed by atoms with van der Waals surface area (Å²) in [6.45, 7) is 1.83. The Morgan fingerprint density at radius 2 is 2.05 bits per heavy atom. The van der Waals surface area contributed by atoms with Crippen LogP contribution < -0.4 is 10.1 Å². The van der Waals surface area contributed by atoms with E-state index in [-0.39, 0.29) is 11.7 Å². The van der Waals surface area contributed by atoms with Crippen LogP contribution in [0.3, 0.4) is 0 Å². The molecule has 1 aromatic carbocycles. The van der Waals surface area contributed by atoms with E-state index in [1.807, 2.05) is 0 Å². The molecule has 1 aliphatic carbocycles. The van der Waals surface area contributed by atoms with Gasteiger partial charge in [-0.2, -0.15) is 0 Å². The molecule has 5 heteroatoms. The molecule has 2 atom stereocenters. The number of carboxylic acids is 1. The van der Waals surface area contributed by atoms with Crippen molar-refractivity contribution in [1.82, 2.24) is 5.32 Å². The summed E-state index contributed by atoms with van der Waals surface area (Å²) in [5.41, 5.74) is 0.181. The van der Waals surface area contributed by atoms with E-state index in [1.165, 1.54) is 12.5 Å². The predicted octanol–water partition coefficient (Wildman–Crippen LogP) is 1.90. The quantitative estimate of drug-likeness (QED) is 0.669. The SMILES string of the molecule is O=C(O)c1ccccc1OCCNCC1CCCCC1O. The summed E-state index contributed by atoms with van der Waals surface area (Å²) < 4.78 is 5.51. The minimum absolute atomic E-state index is 0.181. The highest BCUT2D eigenvalue weighted by Crippen LogP contribution is 2.23. The van der Waals surface area contributed by atoms with E-state index in [2.05, 4.69) is 5.32 Å². The third-order valence-electron chi connectivity index (χ3n) is 3.93. The maximum absolute atomic E-state index is 11.0. The van der Waals surface area contributed by atoms with Crippen LogP contribution in [-0.2, 0) is 0 Å². The van der Waals surface area contributed by atoms with Gasteiger partial charge in [0, 0.05) is 13.1 Å². The van der Waals surface area contributed by atoms with Crippen molar-refractivity contribution in [3.05, 3.63) is 29.8 Å². The summed E-state index contributed by atoms with van der Waals surface area (Å²) >= 11 is 0. The molecule has 0 radical (unpaired) electrons. The molecule has 3 N–H and O–H groups in total. The van der Waals surface area contributed by atoms with Crippen molar-refractivity contribution in [3.63, 3.8) is 0 Å². The van der Waals surface area contributed by atoms with Crippen LogP contribution in [0, 0.1) is 5.92 Å². The van der Waals surface area contributed by atoms with Gasteiger partial charge in [0.1, 0.15) is 17.9 Å². The van der Waals surface area contributed by atoms with Crippen LogP contribution in [-0.4, -0.2) is 42.0 Å². The number of aliphatic hydroxyl groups excluding tert-OH is 1. The Bertz CT molecular complexity index is 463. The number of carbonyl (C=O) groups is 1. The van der Waals surface area contributed by atoms with E-state index in [4.69, 9.17) is 9.84 Å². The number of aliphatic hydroxyl groups is 1. The van der Waals surface area contributed by atoms with E-state index in [1.54, 1.807) is 18.2 Å². The molecule has 2 rings (SSSR count). The number of hydrogen-bond acceptors (Lipinski definition) is 4. The third-order valence-corrected chi connectivity index (χ3v) is 3.93. The van der Waals surface area contributed by atoms with Gasteiger partial charge in [-0.15, -0.1) is 0 Å². The van der Waals surface area contributed by atoms with Crippen LogP contribution in [0.4, 0.5) is 0 Å². The minimum atomic E-state index is -0.983. The number of nitrogens with one attached hydrogen (secondary N) is 1. The topological polar surface area (TPSA) is 78.8 Å². The fourth-order valence-corrected chi connectivity index (χ4v) is 2.72. The van der Waals surface area contributed by atoms with Crippen LogP contribution >= 0.6 is 0 Å². The zero-order chi connectivity index (χ0) is 15.1. The number of rotatable bonds is 7. The molecule has 21 heavy (non-hydrogen) atoms. The van der Waals surface area contributed by atoms with Crippen LogP contribution in [0.15, 0.2) is 24.3 Å². The largest absolute Gasteiger partial charge is 0.491 e. The van der Waals surface area contributed by atoms with Crippen LogP contribution in [0.1, 0.15) is 36.0 Å². The highest BCUT2D eigenvalue weighted by molar-refractivity contribution is 5.90. The second-order valence-corrected chi connectivity index (χ2v) is 5.47. The summed E-state index contributed by atoms with van der Waals surface area (Å²) in [6, 6.07) is 6.63. The summed E-state index contributed by atoms with van der Waals surface area (Å²) in [5.74, 6) is -0.265. The highest BCUT2D eigenvalue weighted by atomic mass is 16.5. The van der Waals surface area contributed by atoms with Crippen LogP contribution in [0.2, 0.25) is 0 Å². The van der Waals surface area contributed by atoms with Gasteiger partial charge >= 0.3 is 5.97 Å². The predicted molar refractivity (Wildman–Crippen MR) is 79.7 cm³/mol. The molecule has 0 bridgehead atoms. The van der Waals surface area contributed by atoms with Crippen LogP contribution in [0.25, 0.3) is 0 Å². The summed E-state index contributed by atoms with van der Waals surface area (Å²) in [5, 5.41) is 22.2. The Kier molecular flexibility index (Phi) is 6.02. The van der Waals surface area contributed by atoms with Crippen molar-refractivity contribution < 1.29 is 19.7 Å². The van der Waals surface area contributed by atoms with Gasteiger partial charge in [0.25, 0.3) is 0 Å². The van der Waals surface area contributed by atoms with Gasteiger partial charge in [0.2, 0.25) is 0 Å². The first kappa shape index (κ1) is 15.8. The number of benzene rings is 1. The summed E-state index contributed by atoms with van der Waals surface area (Å²) in [6.07, 6.45) is 4.07.